The first-order chi connectivity index (χ1) is 17.4. The van der Waals surface area contributed by atoms with Gasteiger partial charge in [-0.2, -0.15) is 23.5 Å². The van der Waals surface area contributed by atoms with Gasteiger partial charge in [0.25, 0.3) is 0 Å². The van der Waals surface area contributed by atoms with Crippen molar-refractivity contribution in [3.8, 4) is 11.1 Å². The molecule has 0 fully saturated rings. The lowest BCUT2D eigenvalue weighted by molar-refractivity contribution is -0.309. The van der Waals surface area contributed by atoms with Crippen molar-refractivity contribution in [2.75, 3.05) is 24.0 Å². The molecule has 0 saturated heterocycles. The first-order valence-electron chi connectivity index (χ1n) is 11.1. The highest BCUT2D eigenvalue weighted by Gasteiger charge is 2.27. The molecule has 0 bridgehead atoms. The number of sulfonamides is 2. The Kier molecular flexibility index (Phi) is 9.69. The van der Waals surface area contributed by atoms with E-state index in [0.29, 0.717) is 22.6 Å². The summed E-state index contributed by atoms with van der Waals surface area (Å²) in [5.74, 6) is -2.16. The fourth-order valence-corrected chi connectivity index (χ4v) is 7.41. The Labute approximate surface area is 224 Å². The number of carbonyl (C=O) groups is 2. The second kappa shape index (κ2) is 12.2. The summed E-state index contributed by atoms with van der Waals surface area (Å²) in [5, 5.41) is 22.8. The number of aliphatic carboxylic acids is 2. The molecule has 0 saturated carbocycles. The minimum absolute atomic E-state index is 0.0699. The Morgan fingerprint density at radius 3 is 1.49 bits per heavy atom. The molecule has 3 rings (SSSR count). The normalized spacial score (nSPS) is 14.5. The summed E-state index contributed by atoms with van der Waals surface area (Å²) >= 11 is 2.77. The molecule has 0 heterocycles. The van der Waals surface area contributed by atoms with Gasteiger partial charge in [0.2, 0.25) is 20.0 Å². The van der Waals surface area contributed by atoms with Crippen LogP contribution in [-0.2, 0) is 36.1 Å². The summed E-state index contributed by atoms with van der Waals surface area (Å²) in [5.41, 5.74) is 2.69. The van der Waals surface area contributed by atoms with Gasteiger partial charge in [-0.15, -0.1) is 0 Å². The predicted molar refractivity (Wildman–Crippen MR) is 139 cm³/mol. The first kappa shape index (κ1) is 29.5. The van der Waals surface area contributed by atoms with Crippen LogP contribution >= 0.6 is 23.5 Å². The molecule has 2 atom stereocenters. The fraction of sp³-hybridized carbons (Fsp3) is 0.391. The number of nitrogens with one attached hydrogen (secondary N) is 2. The van der Waals surface area contributed by atoms with Crippen LogP contribution in [0, 0.1) is 0 Å². The van der Waals surface area contributed by atoms with E-state index in [2.05, 4.69) is 9.44 Å². The first-order valence-corrected chi connectivity index (χ1v) is 16.9. The molecule has 0 amide bonds. The van der Waals surface area contributed by atoms with Crippen LogP contribution in [0.3, 0.4) is 0 Å². The Morgan fingerprint density at radius 1 is 0.784 bits per heavy atom. The van der Waals surface area contributed by atoms with Gasteiger partial charge in [-0.1, -0.05) is 12.1 Å². The lowest BCUT2D eigenvalue weighted by Gasteiger charge is -2.19. The van der Waals surface area contributed by atoms with Crippen LogP contribution in [0.5, 0.6) is 0 Å². The standard InChI is InChI=1S/C23H28N2O8S4/c1-34-9-7-20(22(26)27)24-36(30,31)16-3-5-18-14(12-16)11-15-13-17(4-6-19(15)18)37(32,33)25-21(23(28)29)8-10-35-2/h3-6,12-13,20-21,24-25H,7-11H2,1-2H3,(H,26,27)(H,28,29)/p-2/t20-,21-/m0/s1. The van der Waals surface area contributed by atoms with Crippen LogP contribution < -0.4 is 19.7 Å². The third-order valence-corrected chi connectivity index (χ3v) is 10.1. The Bertz CT molecular complexity index is 1290. The van der Waals surface area contributed by atoms with Crippen LogP contribution in [0.2, 0.25) is 0 Å². The van der Waals surface area contributed by atoms with E-state index in [1.165, 1.54) is 47.8 Å². The number of carbonyl (C=O) groups excluding carboxylic acids is 2. The molecule has 0 unspecified atom stereocenters. The minimum Gasteiger partial charge on any atom is -0.548 e. The van der Waals surface area contributed by atoms with Crippen molar-refractivity contribution in [3.63, 3.8) is 0 Å². The SMILES string of the molecule is CSCC[C@H](NS(=O)(=O)c1ccc2c(c1)Cc1cc(S(=O)(=O)N[C@@H](CCSC)C(=O)[O-])ccc1-2)C(=O)[O-]. The predicted octanol–water partition coefficient (Wildman–Crippen LogP) is -0.442. The minimum atomic E-state index is -4.15. The van der Waals surface area contributed by atoms with Crippen LogP contribution in [0.4, 0.5) is 0 Å². The zero-order valence-corrected chi connectivity index (χ0v) is 23.3. The van der Waals surface area contributed by atoms with E-state index < -0.39 is 44.1 Å². The maximum atomic E-state index is 12.9. The molecule has 0 aliphatic heterocycles. The molecule has 1 aliphatic rings. The summed E-state index contributed by atoms with van der Waals surface area (Å²) in [4.78, 5) is 22.5. The number of fused-ring (bicyclic) bond motifs is 3. The van der Waals surface area contributed by atoms with Crippen molar-refractivity contribution in [2.24, 2.45) is 0 Å². The fourth-order valence-electron chi connectivity index (χ4n) is 3.93. The molecule has 14 heteroatoms. The molecule has 0 spiro atoms. The van der Waals surface area contributed by atoms with E-state index in [-0.39, 0.29) is 29.1 Å². The monoisotopic (exact) mass is 586 g/mol. The largest absolute Gasteiger partial charge is 0.548 e. The summed E-state index contributed by atoms with van der Waals surface area (Å²) in [7, 11) is -8.31. The second-order valence-corrected chi connectivity index (χ2v) is 13.8. The molecule has 10 nitrogen and oxygen atoms in total. The van der Waals surface area contributed by atoms with Crippen LogP contribution in [-0.4, -0.2) is 64.9 Å². The van der Waals surface area contributed by atoms with Crippen LogP contribution in [0.15, 0.2) is 46.2 Å². The molecular formula is C23H26N2O8S4-2. The third kappa shape index (κ3) is 7.06. The number of hydrogen-bond acceptors (Lipinski definition) is 10. The molecule has 1 aliphatic carbocycles. The summed E-state index contributed by atoms with van der Waals surface area (Å²) in [6.45, 7) is 0. The Hall–Kier alpha value is -2.10. The average molecular weight is 587 g/mol. The van der Waals surface area contributed by atoms with Gasteiger partial charge < -0.3 is 19.8 Å². The van der Waals surface area contributed by atoms with Gasteiger partial charge in [-0.25, -0.2) is 26.3 Å². The molecule has 202 valence electrons. The van der Waals surface area contributed by atoms with E-state index >= 15 is 0 Å². The summed E-state index contributed by atoms with van der Waals surface area (Å²) in [6.07, 6.45) is 3.93. The average Bonchev–Trinajstić information content (AvgIpc) is 3.21. The molecule has 0 radical (unpaired) electrons. The van der Waals surface area contributed by atoms with Crippen LogP contribution in [0.1, 0.15) is 24.0 Å². The van der Waals surface area contributed by atoms with Gasteiger partial charge in [0, 0.05) is 0 Å². The number of hydrogen-bond donors (Lipinski definition) is 2. The van der Waals surface area contributed by atoms with Crippen molar-refractivity contribution in [1.82, 2.24) is 9.44 Å². The second-order valence-electron chi connectivity index (χ2n) is 8.36. The summed E-state index contributed by atoms with van der Waals surface area (Å²) in [6, 6.07) is 6.02. The summed E-state index contributed by atoms with van der Waals surface area (Å²) < 4.78 is 55.8. The highest BCUT2D eigenvalue weighted by molar-refractivity contribution is 7.98. The van der Waals surface area contributed by atoms with E-state index in [4.69, 9.17) is 0 Å². The van der Waals surface area contributed by atoms with E-state index in [9.17, 15) is 36.6 Å². The quantitative estimate of drug-likeness (QED) is 0.252. The van der Waals surface area contributed by atoms with E-state index in [0.717, 1.165) is 11.1 Å². The number of benzene rings is 2. The smallest absolute Gasteiger partial charge is 0.241 e. The maximum absolute atomic E-state index is 12.9. The van der Waals surface area contributed by atoms with E-state index in [1.807, 2.05) is 0 Å². The molecule has 37 heavy (non-hydrogen) atoms. The number of thioether (sulfide) groups is 2. The van der Waals surface area contributed by atoms with Crippen molar-refractivity contribution in [3.05, 3.63) is 47.5 Å². The molecule has 2 aromatic rings. The van der Waals surface area contributed by atoms with Gasteiger partial charge in [-0.3, -0.25) is 0 Å². The zero-order valence-electron chi connectivity index (χ0n) is 20.1. The third-order valence-electron chi connectivity index (χ3n) is 5.83. The van der Waals surface area contributed by atoms with Crippen molar-refractivity contribution >= 4 is 55.5 Å². The van der Waals surface area contributed by atoms with Gasteiger partial charge in [0.1, 0.15) is 0 Å². The van der Waals surface area contributed by atoms with Crippen LogP contribution in [0.25, 0.3) is 11.1 Å². The Balaban J connectivity index is 1.84. The van der Waals surface area contributed by atoms with E-state index in [1.54, 1.807) is 24.6 Å². The van der Waals surface area contributed by atoms with Gasteiger partial charge >= 0.3 is 0 Å². The molecule has 2 N–H and O–H groups in total. The number of rotatable bonds is 14. The lowest BCUT2D eigenvalue weighted by Crippen LogP contribution is -2.48. The number of carboxylic acid groups (broad SMARTS) is 2. The zero-order chi connectivity index (χ0) is 27.4. The van der Waals surface area contributed by atoms with Crippen molar-refractivity contribution in [2.45, 2.75) is 41.1 Å². The Morgan fingerprint density at radius 2 is 1.16 bits per heavy atom. The molecule has 2 aromatic carbocycles. The maximum Gasteiger partial charge on any atom is 0.241 e. The topological polar surface area (TPSA) is 173 Å². The van der Waals surface area contributed by atoms with Gasteiger partial charge in [-0.05, 0) is 89.8 Å². The van der Waals surface area contributed by atoms with Crippen molar-refractivity contribution in [1.29, 1.82) is 0 Å². The molecule has 0 aromatic heterocycles. The highest BCUT2D eigenvalue weighted by atomic mass is 32.2. The number of carboxylic acids is 2. The lowest BCUT2D eigenvalue weighted by atomic mass is 10.1. The molecular weight excluding hydrogens is 561 g/mol. The van der Waals surface area contributed by atoms with Gasteiger partial charge in [0.05, 0.1) is 33.8 Å². The van der Waals surface area contributed by atoms with Gasteiger partial charge in [0.15, 0.2) is 0 Å². The van der Waals surface area contributed by atoms with Crippen molar-refractivity contribution < 1.29 is 36.6 Å². The highest BCUT2D eigenvalue weighted by Crippen LogP contribution is 2.38.